The zero-order valence-corrected chi connectivity index (χ0v) is 10.8. The summed E-state index contributed by atoms with van der Waals surface area (Å²) in [6.45, 7) is 4.48. The van der Waals surface area contributed by atoms with Gasteiger partial charge < -0.3 is 15.2 Å². The molecule has 0 unspecified atom stereocenters. The van der Waals surface area contributed by atoms with Gasteiger partial charge in [-0.15, -0.1) is 0 Å². The van der Waals surface area contributed by atoms with Crippen molar-refractivity contribution in [3.05, 3.63) is 23.8 Å². The van der Waals surface area contributed by atoms with Gasteiger partial charge in [-0.3, -0.25) is 4.79 Å². The van der Waals surface area contributed by atoms with Crippen molar-refractivity contribution in [1.29, 1.82) is 0 Å². The standard InChI is InChI=1S/C13H18FNO3/c1-4-18-11-6-5-10(7-9(11)8-16)15-12(17)13(2,3)14/h5-7,16H,4,8H2,1-3H3,(H,15,17). The summed E-state index contributed by atoms with van der Waals surface area (Å²) >= 11 is 0. The SMILES string of the molecule is CCOc1ccc(NC(=O)C(C)(C)F)cc1CO. The van der Waals surface area contributed by atoms with Crippen molar-refractivity contribution in [2.45, 2.75) is 33.0 Å². The smallest absolute Gasteiger partial charge is 0.261 e. The van der Waals surface area contributed by atoms with Crippen molar-refractivity contribution in [1.82, 2.24) is 0 Å². The number of carbonyl (C=O) groups excluding carboxylic acids is 1. The van der Waals surface area contributed by atoms with E-state index in [0.29, 0.717) is 23.6 Å². The van der Waals surface area contributed by atoms with Gasteiger partial charge in [0.05, 0.1) is 13.2 Å². The Labute approximate surface area is 106 Å². The largest absolute Gasteiger partial charge is 0.494 e. The number of aliphatic hydroxyl groups is 1. The molecule has 1 aromatic rings. The van der Waals surface area contributed by atoms with E-state index in [-0.39, 0.29) is 6.61 Å². The number of hydrogen-bond donors (Lipinski definition) is 2. The first-order valence-electron chi connectivity index (χ1n) is 5.75. The monoisotopic (exact) mass is 255 g/mol. The molecule has 1 aromatic carbocycles. The fourth-order valence-corrected chi connectivity index (χ4v) is 1.36. The van der Waals surface area contributed by atoms with E-state index in [1.807, 2.05) is 6.92 Å². The van der Waals surface area contributed by atoms with Gasteiger partial charge in [0.15, 0.2) is 5.67 Å². The molecule has 0 saturated heterocycles. The number of halogens is 1. The van der Waals surface area contributed by atoms with Crippen molar-refractivity contribution >= 4 is 11.6 Å². The molecule has 18 heavy (non-hydrogen) atoms. The van der Waals surface area contributed by atoms with Gasteiger partial charge >= 0.3 is 0 Å². The van der Waals surface area contributed by atoms with Crippen LogP contribution in [0.4, 0.5) is 10.1 Å². The van der Waals surface area contributed by atoms with Gasteiger partial charge in [0.2, 0.25) is 0 Å². The highest BCUT2D eigenvalue weighted by Crippen LogP contribution is 2.24. The average molecular weight is 255 g/mol. The predicted molar refractivity (Wildman–Crippen MR) is 67.4 cm³/mol. The fourth-order valence-electron chi connectivity index (χ4n) is 1.36. The minimum absolute atomic E-state index is 0.210. The van der Waals surface area contributed by atoms with Crippen LogP contribution in [0.15, 0.2) is 18.2 Å². The summed E-state index contributed by atoms with van der Waals surface area (Å²) in [6, 6.07) is 4.80. The van der Waals surface area contributed by atoms with E-state index in [0.717, 1.165) is 0 Å². The molecular formula is C13H18FNO3. The quantitative estimate of drug-likeness (QED) is 0.848. The van der Waals surface area contributed by atoms with E-state index < -0.39 is 11.6 Å². The highest BCUT2D eigenvalue weighted by atomic mass is 19.1. The maximum absolute atomic E-state index is 13.4. The molecule has 2 N–H and O–H groups in total. The Bertz CT molecular complexity index is 427. The molecule has 0 fully saturated rings. The molecular weight excluding hydrogens is 237 g/mol. The highest BCUT2D eigenvalue weighted by molar-refractivity contribution is 5.96. The van der Waals surface area contributed by atoms with Gasteiger partial charge in [-0.05, 0) is 39.0 Å². The maximum Gasteiger partial charge on any atom is 0.261 e. The van der Waals surface area contributed by atoms with Gasteiger partial charge in [0.1, 0.15) is 5.75 Å². The molecule has 0 spiro atoms. The molecule has 1 amide bonds. The second-order valence-corrected chi connectivity index (χ2v) is 4.34. The first-order chi connectivity index (χ1) is 8.38. The molecule has 1 rings (SSSR count). The van der Waals surface area contributed by atoms with E-state index in [4.69, 9.17) is 4.74 Å². The van der Waals surface area contributed by atoms with Crippen molar-refractivity contribution in [3.8, 4) is 5.75 Å². The second kappa shape index (κ2) is 5.82. The molecule has 100 valence electrons. The third-order valence-corrected chi connectivity index (χ3v) is 2.33. The van der Waals surface area contributed by atoms with Crippen LogP contribution in [0, 0.1) is 0 Å². The van der Waals surface area contributed by atoms with Crippen LogP contribution in [0.5, 0.6) is 5.75 Å². The summed E-state index contributed by atoms with van der Waals surface area (Å²) in [5, 5.41) is 11.6. The summed E-state index contributed by atoms with van der Waals surface area (Å²) < 4.78 is 18.7. The van der Waals surface area contributed by atoms with Gasteiger partial charge in [0, 0.05) is 11.3 Å². The molecule has 4 nitrogen and oxygen atoms in total. The number of ether oxygens (including phenoxy) is 1. The van der Waals surface area contributed by atoms with Gasteiger partial charge in [-0.1, -0.05) is 0 Å². The normalized spacial score (nSPS) is 11.2. The number of hydrogen-bond acceptors (Lipinski definition) is 3. The minimum Gasteiger partial charge on any atom is -0.494 e. The molecule has 0 heterocycles. The van der Waals surface area contributed by atoms with Crippen LogP contribution >= 0.6 is 0 Å². The van der Waals surface area contributed by atoms with Gasteiger partial charge in [-0.2, -0.15) is 0 Å². The lowest BCUT2D eigenvalue weighted by atomic mass is 10.1. The Kier molecular flexibility index (Phi) is 4.67. The Morgan fingerprint density at radius 2 is 2.17 bits per heavy atom. The van der Waals surface area contributed by atoms with Crippen LogP contribution in [0.3, 0.4) is 0 Å². The number of amides is 1. The van der Waals surface area contributed by atoms with E-state index in [2.05, 4.69) is 5.32 Å². The lowest BCUT2D eigenvalue weighted by Crippen LogP contribution is -2.32. The maximum atomic E-state index is 13.4. The minimum atomic E-state index is -1.95. The molecule has 0 bridgehead atoms. The van der Waals surface area contributed by atoms with E-state index >= 15 is 0 Å². The summed E-state index contributed by atoms with van der Waals surface area (Å²) in [7, 11) is 0. The first kappa shape index (κ1) is 14.4. The molecule has 0 aromatic heterocycles. The van der Waals surface area contributed by atoms with Crippen LogP contribution < -0.4 is 10.1 Å². The Morgan fingerprint density at radius 3 is 2.67 bits per heavy atom. The zero-order chi connectivity index (χ0) is 13.8. The highest BCUT2D eigenvalue weighted by Gasteiger charge is 2.26. The van der Waals surface area contributed by atoms with Gasteiger partial charge in [-0.25, -0.2) is 4.39 Å². The van der Waals surface area contributed by atoms with Crippen LogP contribution in [0.2, 0.25) is 0 Å². The fraction of sp³-hybridized carbons (Fsp3) is 0.462. The molecule has 5 heteroatoms. The third kappa shape index (κ3) is 3.70. The summed E-state index contributed by atoms with van der Waals surface area (Å²) in [5.74, 6) is -0.173. The molecule has 0 aliphatic heterocycles. The number of aliphatic hydroxyl groups excluding tert-OH is 1. The Hall–Kier alpha value is -1.62. The van der Waals surface area contributed by atoms with Crippen LogP contribution in [0.1, 0.15) is 26.3 Å². The van der Waals surface area contributed by atoms with Crippen LogP contribution in [0.25, 0.3) is 0 Å². The van der Waals surface area contributed by atoms with Crippen molar-refractivity contribution < 1.29 is 19.0 Å². The molecule has 0 radical (unpaired) electrons. The lowest BCUT2D eigenvalue weighted by molar-refractivity contribution is -0.125. The van der Waals surface area contributed by atoms with E-state index in [1.54, 1.807) is 18.2 Å². The van der Waals surface area contributed by atoms with Crippen LogP contribution in [-0.2, 0) is 11.4 Å². The van der Waals surface area contributed by atoms with Crippen molar-refractivity contribution in [2.24, 2.45) is 0 Å². The Morgan fingerprint density at radius 1 is 1.50 bits per heavy atom. The lowest BCUT2D eigenvalue weighted by Gasteiger charge is -2.15. The number of anilines is 1. The molecule has 0 aliphatic rings. The number of carbonyl (C=O) groups is 1. The predicted octanol–water partition coefficient (Wildman–Crippen LogP) is 2.26. The number of benzene rings is 1. The summed E-state index contributed by atoms with van der Waals surface area (Å²) in [6.07, 6.45) is 0. The first-order valence-corrected chi connectivity index (χ1v) is 5.75. The third-order valence-electron chi connectivity index (χ3n) is 2.33. The number of rotatable bonds is 5. The number of nitrogens with one attached hydrogen (secondary N) is 1. The van der Waals surface area contributed by atoms with E-state index in [9.17, 15) is 14.3 Å². The van der Waals surface area contributed by atoms with Gasteiger partial charge in [0.25, 0.3) is 5.91 Å². The second-order valence-electron chi connectivity index (χ2n) is 4.34. The van der Waals surface area contributed by atoms with Crippen molar-refractivity contribution in [2.75, 3.05) is 11.9 Å². The Balaban J connectivity index is 2.89. The van der Waals surface area contributed by atoms with E-state index in [1.165, 1.54) is 13.8 Å². The van der Waals surface area contributed by atoms with Crippen molar-refractivity contribution in [3.63, 3.8) is 0 Å². The zero-order valence-electron chi connectivity index (χ0n) is 10.8. The average Bonchev–Trinajstić information content (AvgIpc) is 2.30. The number of alkyl halides is 1. The molecule has 0 aliphatic carbocycles. The molecule has 0 atom stereocenters. The summed E-state index contributed by atoms with van der Waals surface area (Å²) in [4.78, 5) is 11.5. The van der Waals surface area contributed by atoms with Crippen LogP contribution in [-0.4, -0.2) is 23.3 Å². The summed E-state index contributed by atoms with van der Waals surface area (Å²) in [5.41, 5.74) is -0.970. The molecule has 0 saturated carbocycles. The topological polar surface area (TPSA) is 58.6 Å².